The number of carboxylic acids is 1. The second-order valence-corrected chi connectivity index (χ2v) is 5.29. The molecular weight excluding hydrogens is 296 g/mol. The number of aliphatic carboxylic acids is 1. The minimum atomic E-state index is -0.833. The van der Waals surface area contributed by atoms with Gasteiger partial charge in [0.15, 0.2) is 0 Å². The first-order valence-corrected chi connectivity index (χ1v) is 7.21. The summed E-state index contributed by atoms with van der Waals surface area (Å²) in [4.78, 5) is 34.1. The Morgan fingerprint density at radius 3 is 2.30 bits per heavy atom. The molecule has 0 radical (unpaired) electrons. The van der Waals surface area contributed by atoms with Crippen molar-refractivity contribution in [1.82, 2.24) is 10.3 Å². The predicted molar refractivity (Wildman–Crippen MR) is 86.2 cm³/mol. The highest BCUT2D eigenvalue weighted by atomic mass is 16.4. The zero-order chi connectivity index (χ0) is 16.8. The minimum Gasteiger partial charge on any atom is -0.481 e. The molecule has 3 rings (SSSR count). The van der Waals surface area contributed by atoms with Gasteiger partial charge in [0.2, 0.25) is 11.5 Å². The van der Waals surface area contributed by atoms with Crippen LogP contribution in [0, 0.1) is 0 Å². The first-order valence-electron chi connectivity index (χ1n) is 7.21. The average molecular weight is 314 g/mol. The largest absolute Gasteiger partial charge is 0.481 e. The number of benzene rings is 1. The Hall–Kier alpha value is -2.89. The molecule has 1 aliphatic heterocycles. The maximum Gasteiger partial charge on any atom is 0.300 e. The van der Waals surface area contributed by atoms with Crippen molar-refractivity contribution >= 4 is 11.9 Å². The van der Waals surface area contributed by atoms with E-state index in [1.807, 2.05) is 30.3 Å². The summed E-state index contributed by atoms with van der Waals surface area (Å²) in [6.07, 6.45) is 2.20. The van der Waals surface area contributed by atoms with Crippen LogP contribution in [0.1, 0.15) is 24.8 Å². The standard InChI is InChI=1S/C15H14N2O2.C2H4O2/c18-14-7-12(5-6-16-14)10-1-3-11(4-2-10)13-8-15(19)17-9-13;1-2(3)4/h1-7,13H,8-9H2,(H,16,18)(H,17,19);1H3,(H,3,4). The number of pyridine rings is 1. The highest BCUT2D eigenvalue weighted by Gasteiger charge is 2.22. The third-order valence-corrected chi connectivity index (χ3v) is 3.47. The zero-order valence-corrected chi connectivity index (χ0v) is 12.7. The number of H-pyrrole nitrogens is 1. The molecular formula is C17H18N2O4. The second kappa shape index (κ2) is 7.40. The number of carbonyl (C=O) groups excluding carboxylic acids is 1. The molecule has 1 fully saturated rings. The minimum absolute atomic E-state index is 0.104. The molecule has 3 N–H and O–H groups in total. The van der Waals surface area contributed by atoms with E-state index in [2.05, 4.69) is 10.3 Å². The van der Waals surface area contributed by atoms with Crippen molar-refractivity contribution in [3.63, 3.8) is 0 Å². The molecule has 2 aromatic rings. The van der Waals surface area contributed by atoms with Crippen molar-refractivity contribution in [3.8, 4) is 11.1 Å². The zero-order valence-electron chi connectivity index (χ0n) is 12.7. The second-order valence-electron chi connectivity index (χ2n) is 5.29. The molecule has 1 saturated heterocycles. The first-order chi connectivity index (χ1) is 11.0. The van der Waals surface area contributed by atoms with Crippen LogP contribution in [0.15, 0.2) is 47.4 Å². The number of aromatic amines is 1. The molecule has 1 aromatic carbocycles. The van der Waals surface area contributed by atoms with Crippen LogP contribution in [0.3, 0.4) is 0 Å². The Morgan fingerprint density at radius 2 is 1.78 bits per heavy atom. The number of hydrogen-bond acceptors (Lipinski definition) is 3. The van der Waals surface area contributed by atoms with Crippen LogP contribution in [0.2, 0.25) is 0 Å². The van der Waals surface area contributed by atoms with Crippen LogP contribution < -0.4 is 10.9 Å². The van der Waals surface area contributed by atoms with Gasteiger partial charge in [-0.05, 0) is 22.8 Å². The summed E-state index contributed by atoms with van der Waals surface area (Å²) in [5.74, 6) is -0.454. The Morgan fingerprint density at radius 1 is 1.13 bits per heavy atom. The summed E-state index contributed by atoms with van der Waals surface area (Å²) < 4.78 is 0. The molecule has 6 nitrogen and oxygen atoms in total. The third kappa shape index (κ3) is 4.81. The van der Waals surface area contributed by atoms with Gasteiger partial charge in [-0.2, -0.15) is 0 Å². The van der Waals surface area contributed by atoms with E-state index in [9.17, 15) is 9.59 Å². The number of amides is 1. The smallest absolute Gasteiger partial charge is 0.300 e. The van der Waals surface area contributed by atoms with E-state index in [0.717, 1.165) is 23.6 Å². The van der Waals surface area contributed by atoms with E-state index in [1.165, 1.54) is 0 Å². The fourth-order valence-electron chi connectivity index (χ4n) is 2.41. The molecule has 1 unspecified atom stereocenters. The van der Waals surface area contributed by atoms with E-state index >= 15 is 0 Å². The van der Waals surface area contributed by atoms with E-state index in [-0.39, 0.29) is 17.4 Å². The molecule has 1 aliphatic rings. The number of carboxylic acid groups (broad SMARTS) is 1. The molecule has 120 valence electrons. The summed E-state index contributed by atoms with van der Waals surface area (Å²) in [5, 5.41) is 10.3. The highest BCUT2D eigenvalue weighted by Crippen LogP contribution is 2.25. The predicted octanol–water partition coefficient (Wildman–Crippen LogP) is 1.74. The van der Waals surface area contributed by atoms with Crippen molar-refractivity contribution in [2.24, 2.45) is 0 Å². The van der Waals surface area contributed by atoms with Gasteiger partial charge in [-0.3, -0.25) is 14.4 Å². The molecule has 0 saturated carbocycles. The van der Waals surface area contributed by atoms with Crippen LogP contribution in [0.25, 0.3) is 11.1 Å². The number of nitrogens with one attached hydrogen (secondary N) is 2. The lowest BCUT2D eigenvalue weighted by Gasteiger charge is -2.08. The van der Waals surface area contributed by atoms with Crippen LogP contribution in [0.5, 0.6) is 0 Å². The molecule has 1 aromatic heterocycles. The molecule has 2 heterocycles. The van der Waals surface area contributed by atoms with E-state index in [4.69, 9.17) is 9.90 Å². The van der Waals surface area contributed by atoms with Crippen LogP contribution in [-0.4, -0.2) is 28.5 Å². The van der Waals surface area contributed by atoms with Crippen molar-refractivity contribution in [2.45, 2.75) is 19.3 Å². The van der Waals surface area contributed by atoms with Crippen molar-refractivity contribution < 1.29 is 14.7 Å². The summed E-state index contributed by atoms with van der Waals surface area (Å²) in [7, 11) is 0. The molecule has 6 heteroatoms. The van der Waals surface area contributed by atoms with Crippen molar-refractivity contribution in [3.05, 3.63) is 58.5 Å². The van der Waals surface area contributed by atoms with Gasteiger partial charge in [0.25, 0.3) is 5.97 Å². The SMILES string of the molecule is CC(=O)O.O=C1CC(c2ccc(-c3cc[nH]c(=O)c3)cc2)CN1. The van der Waals surface area contributed by atoms with Gasteiger partial charge in [0, 0.05) is 38.1 Å². The van der Waals surface area contributed by atoms with Crippen LogP contribution in [0.4, 0.5) is 0 Å². The van der Waals surface area contributed by atoms with Gasteiger partial charge in [-0.25, -0.2) is 0 Å². The number of hydrogen-bond donors (Lipinski definition) is 3. The fraction of sp³-hybridized carbons (Fsp3) is 0.235. The van der Waals surface area contributed by atoms with Crippen molar-refractivity contribution in [1.29, 1.82) is 0 Å². The van der Waals surface area contributed by atoms with Crippen LogP contribution in [-0.2, 0) is 9.59 Å². The Kier molecular flexibility index (Phi) is 5.30. The van der Waals surface area contributed by atoms with Crippen LogP contribution >= 0.6 is 0 Å². The average Bonchev–Trinajstić information content (AvgIpc) is 2.93. The van der Waals surface area contributed by atoms with Gasteiger partial charge in [0.05, 0.1) is 0 Å². The van der Waals surface area contributed by atoms with Gasteiger partial charge in [0.1, 0.15) is 0 Å². The normalized spacial score (nSPS) is 16.2. The maximum atomic E-state index is 11.3. The Bertz CT molecular complexity index is 746. The lowest BCUT2D eigenvalue weighted by Crippen LogP contribution is -2.13. The molecule has 1 amide bonds. The molecule has 0 spiro atoms. The molecule has 0 aliphatic carbocycles. The van der Waals surface area contributed by atoms with Crippen molar-refractivity contribution in [2.75, 3.05) is 6.54 Å². The number of rotatable bonds is 2. The summed E-state index contributed by atoms with van der Waals surface area (Å²) >= 11 is 0. The van der Waals surface area contributed by atoms with E-state index < -0.39 is 5.97 Å². The Balaban J connectivity index is 0.000000433. The quantitative estimate of drug-likeness (QED) is 0.786. The van der Waals surface area contributed by atoms with E-state index in [0.29, 0.717) is 13.0 Å². The topological polar surface area (TPSA) is 99.3 Å². The van der Waals surface area contributed by atoms with E-state index in [1.54, 1.807) is 12.3 Å². The monoisotopic (exact) mass is 314 g/mol. The Labute approximate surface area is 133 Å². The first kappa shape index (κ1) is 16.5. The summed E-state index contributed by atoms with van der Waals surface area (Å²) in [6.45, 7) is 1.79. The van der Waals surface area contributed by atoms with Gasteiger partial charge in [-0.1, -0.05) is 24.3 Å². The third-order valence-electron chi connectivity index (χ3n) is 3.47. The number of aromatic nitrogens is 1. The molecule has 0 bridgehead atoms. The van der Waals surface area contributed by atoms with Gasteiger partial charge < -0.3 is 15.4 Å². The van der Waals surface area contributed by atoms with Gasteiger partial charge in [-0.15, -0.1) is 0 Å². The molecule has 23 heavy (non-hydrogen) atoms. The summed E-state index contributed by atoms with van der Waals surface area (Å²) in [5.41, 5.74) is 2.96. The highest BCUT2D eigenvalue weighted by molar-refractivity contribution is 5.79. The maximum absolute atomic E-state index is 11.3. The fourth-order valence-corrected chi connectivity index (χ4v) is 2.41. The molecule has 1 atom stereocenters. The van der Waals surface area contributed by atoms with Gasteiger partial charge >= 0.3 is 0 Å². The lowest BCUT2D eigenvalue weighted by molar-refractivity contribution is -0.134. The summed E-state index contributed by atoms with van der Waals surface area (Å²) in [6, 6.07) is 11.5. The lowest BCUT2D eigenvalue weighted by atomic mass is 9.96. The number of carbonyl (C=O) groups is 2.